The van der Waals surface area contributed by atoms with Crippen LogP contribution in [0.2, 0.25) is 0 Å². The van der Waals surface area contributed by atoms with Crippen molar-refractivity contribution in [2.75, 3.05) is 6.54 Å². The smallest absolute Gasteiger partial charge is 0.165 e. The van der Waals surface area contributed by atoms with Crippen molar-refractivity contribution in [3.63, 3.8) is 0 Å². The third-order valence-electron chi connectivity index (χ3n) is 2.80. The Balaban J connectivity index is 2.46. The van der Waals surface area contributed by atoms with Gasteiger partial charge in [0, 0.05) is 17.5 Å². The second-order valence-electron chi connectivity index (χ2n) is 3.62. The summed E-state index contributed by atoms with van der Waals surface area (Å²) in [6.45, 7) is 0.476. The van der Waals surface area contributed by atoms with E-state index in [0.29, 0.717) is 12.1 Å². The zero-order valence-corrected chi connectivity index (χ0v) is 7.26. The summed E-state index contributed by atoms with van der Waals surface area (Å²) in [6.07, 6.45) is 1.89. The lowest BCUT2D eigenvalue weighted by Gasteiger charge is -2.14. The summed E-state index contributed by atoms with van der Waals surface area (Å²) in [5.41, 5.74) is 6.10. The second-order valence-corrected chi connectivity index (χ2v) is 3.62. The number of rotatable bonds is 2. The first kappa shape index (κ1) is 8.51. The summed E-state index contributed by atoms with van der Waals surface area (Å²) in [4.78, 5) is 0. The molecule has 1 fully saturated rings. The molecule has 2 rings (SSSR count). The van der Waals surface area contributed by atoms with Crippen LogP contribution in [0.1, 0.15) is 18.4 Å². The van der Waals surface area contributed by atoms with Gasteiger partial charge >= 0.3 is 0 Å². The number of hydrogen-bond donors (Lipinski definition) is 2. The fraction of sp³-hybridized carbons (Fsp3) is 0.400. The molecule has 0 saturated heterocycles. The predicted octanol–water partition coefficient (Wildman–Crippen LogP) is 1.52. The molecule has 13 heavy (non-hydrogen) atoms. The summed E-state index contributed by atoms with van der Waals surface area (Å²) in [5.74, 6) is -0.789. The SMILES string of the molecule is NCC1(c2cccc(F)c2O)CC1. The topological polar surface area (TPSA) is 46.2 Å². The van der Waals surface area contributed by atoms with Crippen LogP contribution in [0.5, 0.6) is 5.75 Å². The highest BCUT2D eigenvalue weighted by atomic mass is 19.1. The van der Waals surface area contributed by atoms with Crippen LogP contribution in [0.25, 0.3) is 0 Å². The zero-order chi connectivity index (χ0) is 9.47. The number of benzene rings is 1. The number of phenols is 1. The van der Waals surface area contributed by atoms with E-state index < -0.39 is 5.82 Å². The molecule has 3 N–H and O–H groups in total. The van der Waals surface area contributed by atoms with Gasteiger partial charge in [0.1, 0.15) is 0 Å². The number of phenolic OH excluding ortho intramolecular Hbond substituents is 1. The van der Waals surface area contributed by atoms with Crippen molar-refractivity contribution in [2.45, 2.75) is 18.3 Å². The van der Waals surface area contributed by atoms with Gasteiger partial charge in [0.05, 0.1) is 0 Å². The molecule has 0 amide bonds. The van der Waals surface area contributed by atoms with Crippen molar-refractivity contribution in [1.82, 2.24) is 0 Å². The summed E-state index contributed by atoms with van der Waals surface area (Å²) in [7, 11) is 0. The van der Waals surface area contributed by atoms with Crippen LogP contribution in [-0.4, -0.2) is 11.7 Å². The molecule has 70 valence electrons. The van der Waals surface area contributed by atoms with Gasteiger partial charge in [0.2, 0.25) is 0 Å². The molecule has 0 aliphatic heterocycles. The largest absolute Gasteiger partial charge is 0.505 e. The van der Waals surface area contributed by atoms with Gasteiger partial charge in [-0.25, -0.2) is 4.39 Å². The average molecular weight is 181 g/mol. The number of nitrogens with two attached hydrogens (primary N) is 1. The molecule has 0 aromatic heterocycles. The van der Waals surface area contributed by atoms with Gasteiger partial charge in [0.15, 0.2) is 11.6 Å². The van der Waals surface area contributed by atoms with Crippen LogP contribution in [0.3, 0.4) is 0 Å². The highest BCUT2D eigenvalue weighted by molar-refractivity contribution is 5.43. The van der Waals surface area contributed by atoms with Crippen molar-refractivity contribution in [2.24, 2.45) is 5.73 Å². The van der Waals surface area contributed by atoms with Gasteiger partial charge in [-0.2, -0.15) is 0 Å². The molecule has 3 heteroatoms. The number of aromatic hydroxyl groups is 1. The van der Waals surface area contributed by atoms with Crippen LogP contribution < -0.4 is 5.73 Å². The fourth-order valence-electron chi connectivity index (χ4n) is 1.68. The maximum atomic E-state index is 13.0. The number of hydrogen-bond acceptors (Lipinski definition) is 2. The lowest BCUT2D eigenvalue weighted by Crippen LogP contribution is -2.19. The lowest BCUT2D eigenvalue weighted by atomic mass is 9.95. The van der Waals surface area contributed by atoms with Crippen molar-refractivity contribution in [1.29, 1.82) is 0 Å². The van der Waals surface area contributed by atoms with Crippen molar-refractivity contribution < 1.29 is 9.50 Å². The summed E-state index contributed by atoms with van der Waals surface area (Å²) in [5, 5.41) is 9.47. The van der Waals surface area contributed by atoms with Crippen LogP contribution in [0.4, 0.5) is 4.39 Å². The molecular weight excluding hydrogens is 169 g/mol. The molecule has 1 aliphatic rings. The summed E-state index contributed by atoms with van der Waals surface area (Å²) >= 11 is 0. The van der Waals surface area contributed by atoms with E-state index in [0.717, 1.165) is 12.8 Å². The summed E-state index contributed by atoms with van der Waals surface area (Å²) < 4.78 is 13.0. The second kappa shape index (κ2) is 2.70. The van der Waals surface area contributed by atoms with Crippen LogP contribution in [-0.2, 0) is 5.41 Å². The van der Waals surface area contributed by atoms with E-state index in [1.807, 2.05) is 0 Å². The normalized spacial score (nSPS) is 18.6. The maximum absolute atomic E-state index is 13.0. The predicted molar refractivity (Wildman–Crippen MR) is 48.0 cm³/mol. The minimum absolute atomic E-state index is 0.147. The molecule has 1 aromatic rings. The van der Waals surface area contributed by atoms with Gasteiger partial charge in [0.25, 0.3) is 0 Å². The van der Waals surface area contributed by atoms with Gasteiger partial charge in [-0.15, -0.1) is 0 Å². The number of halogens is 1. The van der Waals surface area contributed by atoms with Gasteiger partial charge in [-0.1, -0.05) is 12.1 Å². The van der Waals surface area contributed by atoms with E-state index in [9.17, 15) is 9.50 Å². The van der Waals surface area contributed by atoms with Crippen molar-refractivity contribution in [3.05, 3.63) is 29.6 Å². The third-order valence-corrected chi connectivity index (χ3v) is 2.80. The molecule has 0 bridgehead atoms. The Kier molecular flexibility index (Phi) is 1.77. The van der Waals surface area contributed by atoms with Gasteiger partial charge < -0.3 is 10.8 Å². The standard InChI is InChI=1S/C10H12FNO/c11-8-3-1-2-7(9(8)13)10(6-12)4-5-10/h1-3,13H,4-6,12H2. The first-order chi connectivity index (χ1) is 6.19. The Bertz CT molecular complexity index is 334. The van der Waals surface area contributed by atoms with Crippen LogP contribution >= 0.6 is 0 Å². The summed E-state index contributed by atoms with van der Waals surface area (Å²) in [6, 6.07) is 4.61. The van der Waals surface area contributed by atoms with Crippen molar-refractivity contribution in [3.8, 4) is 5.75 Å². The average Bonchev–Trinajstić information content (AvgIpc) is 2.90. The van der Waals surface area contributed by atoms with E-state index in [1.165, 1.54) is 6.07 Å². The minimum atomic E-state index is -0.558. The molecule has 1 saturated carbocycles. The number of para-hydroxylation sites is 1. The molecule has 0 spiro atoms. The van der Waals surface area contributed by atoms with Gasteiger partial charge in [-0.05, 0) is 18.9 Å². The molecule has 2 nitrogen and oxygen atoms in total. The maximum Gasteiger partial charge on any atom is 0.165 e. The molecule has 0 radical (unpaired) electrons. The molecular formula is C10H12FNO. The third kappa shape index (κ3) is 1.20. The Hall–Kier alpha value is -1.09. The first-order valence-corrected chi connectivity index (χ1v) is 4.38. The van der Waals surface area contributed by atoms with Crippen LogP contribution in [0.15, 0.2) is 18.2 Å². The zero-order valence-electron chi connectivity index (χ0n) is 7.26. The Morgan fingerprint density at radius 1 is 1.46 bits per heavy atom. The first-order valence-electron chi connectivity index (χ1n) is 4.38. The van der Waals surface area contributed by atoms with Gasteiger partial charge in [-0.3, -0.25) is 0 Å². The van der Waals surface area contributed by atoms with E-state index >= 15 is 0 Å². The van der Waals surface area contributed by atoms with Crippen molar-refractivity contribution >= 4 is 0 Å². The quantitative estimate of drug-likeness (QED) is 0.726. The molecule has 0 unspecified atom stereocenters. The Morgan fingerprint density at radius 3 is 2.69 bits per heavy atom. The highest BCUT2D eigenvalue weighted by Gasteiger charge is 2.44. The van der Waals surface area contributed by atoms with Crippen LogP contribution in [0, 0.1) is 5.82 Å². The lowest BCUT2D eigenvalue weighted by molar-refractivity contribution is 0.418. The highest BCUT2D eigenvalue weighted by Crippen LogP contribution is 2.50. The van der Waals surface area contributed by atoms with E-state index in [-0.39, 0.29) is 11.2 Å². The molecule has 1 aliphatic carbocycles. The monoisotopic (exact) mass is 181 g/mol. The van der Waals surface area contributed by atoms with E-state index in [2.05, 4.69) is 0 Å². The minimum Gasteiger partial charge on any atom is -0.505 e. The Labute approximate surface area is 76.2 Å². The molecule has 0 atom stereocenters. The fourth-order valence-corrected chi connectivity index (χ4v) is 1.68. The van der Waals surface area contributed by atoms with E-state index in [1.54, 1.807) is 12.1 Å². The Morgan fingerprint density at radius 2 is 2.15 bits per heavy atom. The molecule has 0 heterocycles. The molecule has 1 aromatic carbocycles. The van der Waals surface area contributed by atoms with E-state index in [4.69, 9.17) is 5.73 Å².